The number of primary amides is 1. The van der Waals surface area contributed by atoms with E-state index < -0.39 is 0 Å². The maximum atomic E-state index is 10.6. The van der Waals surface area contributed by atoms with Crippen LogP contribution in [0, 0.1) is 0 Å². The number of aromatic nitrogens is 1. The van der Waals surface area contributed by atoms with Gasteiger partial charge in [-0.15, -0.1) is 0 Å². The number of nitrogens with two attached hydrogens (primary N) is 1. The maximum absolute atomic E-state index is 10.6. The Morgan fingerprint density at radius 2 is 2.06 bits per heavy atom. The van der Waals surface area contributed by atoms with Crippen LogP contribution in [0.25, 0.3) is 11.3 Å². The molecule has 0 fully saturated rings. The van der Waals surface area contributed by atoms with Crippen LogP contribution in [0.1, 0.15) is 12.3 Å². The number of amides is 1. The molecule has 2 N–H and O–H groups in total. The fourth-order valence-corrected chi connectivity index (χ4v) is 1.40. The summed E-state index contributed by atoms with van der Waals surface area (Å²) in [6.45, 7) is 0. The molecule has 2 aromatic rings. The first-order valence-electron chi connectivity index (χ1n) is 5.04. The predicted molar refractivity (Wildman–Crippen MR) is 59.5 cm³/mol. The number of aryl methyl sites for hydroxylation is 1. The van der Waals surface area contributed by atoms with E-state index in [4.69, 9.17) is 10.2 Å². The van der Waals surface area contributed by atoms with Crippen molar-refractivity contribution < 1.29 is 9.21 Å². The zero-order valence-corrected chi connectivity index (χ0v) is 8.72. The van der Waals surface area contributed by atoms with E-state index in [1.807, 2.05) is 30.3 Å². The van der Waals surface area contributed by atoms with Crippen molar-refractivity contribution in [1.29, 1.82) is 0 Å². The molecule has 82 valence electrons. The molecular formula is C12H12N2O2. The third-order valence-corrected chi connectivity index (χ3v) is 2.21. The van der Waals surface area contributed by atoms with Crippen LogP contribution in [-0.2, 0) is 11.2 Å². The Balaban J connectivity index is 2.11. The summed E-state index contributed by atoms with van der Waals surface area (Å²) in [5.41, 5.74) is 6.82. The van der Waals surface area contributed by atoms with Crippen LogP contribution >= 0.6 is 0 Å². The summed E-state index contributed by atoms with van der Waals surface area (Å²) in [6, 6.07) is 9.73. The molecule has 4 heteroatoms. The van der Waals surface area contributed by atoms with E-state index >= 15 is 0 Å². The number of benzene rings is 1. The highest BCUT2D eigenvalue weighted by molar-refractivity contribution is 5.73. The van der Waals surface area contributed by atoms with E-state index in [0.717, 1.165) is 11.3 Å². The van der Waals surface area contributed by atoms with Gasteiger partial charge in [-0.1, -0.05) is 30.3 Å². The summed E-state index contributed by atoms with van der Waals surface area (Å²) < 4.78 is 5.25. The molecule has 0 atom stereocenters. The molecule has 0 spiro atoms. The van der Waals surface area contributed by atoms with E-state index in [0.29, 0.717) is 12.3 Å². The molecule has 0 unspecified atom stereocenters. The molecular weight excluding hydrogens is 204 g/mol. The van der Waals surface area contributed by atoms with Gasteiger partial charge in [-0.25, -0.2) is 4.98 Å². The third-order valence-electron chi connectivity index (χ3n) is 2.21. The second-order valence-corrected chi connectivity index (χ2v) is 3.46. The Morgan fingerprint density at radius 3 is 2.75 bits per heavy atom. The molecule has 2 rings (SSSR count). The van der Waals surface area contributed by atoms with Gasteiger partial charge in [0.05, 0.1) is 0 Å². The van der Waals surface area contributed by atoms with Crippen molar-refractivity contribution in [3.05, 3.63) is 42.5 Å². The number of carbonyl (C=O) groups excluding carboxylic acids is 1. The van der Waals surface area contributed by atoms with Crippen LogP contribution in [-0.4, -0.2) is 10.9 Å². The van der Waals surface area contributed by atoms with E-state index in [-0.39, 0.29) is 12.3 Å². The number of rotatable bonds is 4. The van der Waals surface area contributed by atoms with E-state index in [9.17, 15) is 4.79 Å². The maximum Gasteiger partial charge on any atom is 0.217 e. The van der Waals surface area contributed by atoms with E-state index in [1.54, 1.807) is 6.26 Å². The molecule has 0 saturated heterocycles. The topological polar surface area (TPSA) is 69.1 Å². The van der Waals surface area contributed by atoms with Crippen LogP contribution < -0.4 is 5.73 Å². The van der Waals surface area contributed by atoms with Gasteiger partial charge in [0.25, 0.3) is 0 Å². The van der Waals surface area contributed by atoms with E-state index in [1.165, 1.54) is 0 Å². The second kappa shape index (κ2) is 4.61. The molecule has 0 bridgehead atoms. The number of hydrogen-bond acceptors (Lipinski definition) is 3. The Labute approximate surface area is 93.1 Å². The Hall–Kier alpha value is -2.10. The van der Waals surface area contributed by atoms with Gasteiger partial charge >= 0.3 is 0 Å². The largest absolute Gasteiger partial charge is 0.448 e. The van der Waals surface area contributed by atoms with Crippen molar-refractivity contribution in [3.8, 4) is 11.3 Å². The molecule has 0 aliphatic rings. The van der Waals surface area contributed by atoms with Crippen LogP contribution in [0.5, 0.6) is 0 Å². The van der Waals surface area contributed by atoms with Gasteiger partial charge in [-0.05, 0) is 0 Å². The first-order chi connectivity index (χ1) is 7.75. The number of nitrogens with zero attached hydrogens (tertiary/aromatic N) is 1. The van der Waals surface area contributed by atoms with Crippen molar-refractivity contribution in [2.75, 3.05) is 0 Å². The lowest BCUT2D eigenvalue weighted by molar-refractivity contribution is -0.118. The molecule has 0 radical (unpaired) electrons. The van der Waals surface area contributed by atoms with Crippen molar-refractivity contribution >= 4 is 5.91 Å². The summed E-state index contributed by atoms with van der Waals surface area (Å²) in [7, 11) is 0. The molecule has 0 saturated carbocycles. The van der Waals surface area contributed by atoms with Crippen molar-refractivity contribution in [2.45, 2.75) is 12.8 Å². The fourth-order valence-electron chi connectivity index (χ4n) is 1.40. The zero-order chi connectivity index (χ0) is 11.4. The summed E-state index contributed by atoms with van der Waals surface area (Å²) in [5.74, 6) is 0.192. The Kier molecular flexibility index (Phi) is 3.00. The van der Waals surface area contributed by atoms with Gasteiger partial charge in [0.15, 0.2) is 5.89 Å². The smallest absolute Gasteiger partial charge is 0.217 e. The summed E-state index contributed by atoms with van der Waals surface area (Å²) in [6.07, 6.45) is 2.29. The second-order valence-electron chi connectivity index (χ2n) is 3.46. The fraction of sp³-hybridized carbons (Fsp3) is 0.167. The van der Waals surface area contributed by atoms with Crippen LogP contribution in [0.4, 0.5) is 0 Å². The molecule has 1 aromatic carbocycles. The quantitative estimate of drug-likeness (QED) is 0.846. The monoisotopic (exact) mass is 216 g/mol. The van der Waals surface area contributed by atoms with Gasteiger partial charge in [0.2, 0.25) is 5.91 Å². The summed E-state index contributed by atoms with van der Waals surface area (Å²) in [5, 5.41) is 0. The first-order valence-corrected chi connectivity index (χ1v) is 5.04. The zero-order valence-electron chi connectivity index (χ0n) is 8.72. The molecule has 16 heavy (non-hydrogen) atoms. The van der Waals surface area contributed by atoms with E-state index in [2.05, 4.69) is 4.98 Å². The minimum atomic E-state index is -0.348. The number of hydrogen-bond donors (Lipinski definition) is 1. The Bertz CT molecular complexity index is 477. The van der Waals surface area contributed by atoms with Crippen molar-refractivity contribution in [1.82, 2.24) is 4.98 Å². The average molecular weight is 216 g/mol. The average Bonchev–Trinajstić information content (AvgIpc) is 2.76. The lowest BCUT2D eigenvalue weighted by atomic mass is 10.2. The molecule has 4 nitrogen and oxygen atoms in total. The first kappa shape index (κ1) is 10.4. The van der Waals surface area contributed by atoms with Crippen molar-refractivity contribution in [2.24, 2.45) is 5.73 Å². The van der Waals surface area contributed by atoms with Gasteiger partial charge < -0.3 is 10.2 Å². The summed E-state index contributed by atoms with van der Waals surface area (Å²) >= 11 is 0. The highest BCUT2D eigenvalue weighted by atomic mass is 16.3. The third kappa shape index (κ3) is 2.48. The van der Waals surface area contributed by atoms with Crippen LogP contribution in [0.15, 0.2) is 41.0 Å². The molecule has 1 aromatic heterocycles. The van der Waals surface area contributed by atoms with Gasteiger partial charge in [0.1, 0.15) is 12.0 Å². The highest BCUT2D eigenvalue weighted by Crippen LogP contribution is 2.18. The number of carbonyl (C=O) groups is 1. The Morgan fingerprint density at radius 1 is 1.31 bits per heavy atom. The lowest BCUT2D eigenvalue weighted by Gasteiger charge is -1.92. The predicted octanol–water partition coefficient (Wildman–Crippen LogP) is 1.76. The number of oxazole rings is 1. The molecule has 0 aliphatic carbocycles. The van der Waals surface area contributed by atoms with Crippen molar-refractivity contribution in [3.63, 3.8) is 0 Å². The van der Waals surface area contributed by atoms with Gasteiger partial charge in [0, 0.05) is 18.4 Å². The molecule has 0 aliphatic heterocycles. The highest BCUT2D eigenvalue weighted by Gasteiger charge is 2.06. The van der Waals surface area contributed by atoms with Gasteiger partial charge in [-0.2, -0.15) is 0 Å². The minimum absolute atomic E-state index is 0.259. The minimum Gasteiger partial charge on any atom is -0.448 e. The normalized spacial score (nSPS) is 10.2. The molecule has 1 heterocycles. The lowest BCUT2D eigenvalue weighted by Crippen LogP contribution is -2.11. The standard InChI is InChI=1S/C12H12N2O2/c13-11(15)6-7-12-14-10(8-16-12)9-4-2-1-3-5-9/h1-5,8H,6-7H2,(H2,13,15). The van der Waals surface area contributed by atoms with Crippen LogP contribution in [0.3, 0.4) is 0 Å². The summed E-state index contributed by atoms with van der Waals surface area (Å²) in [4.78, 5) is 14.9. The molecule has 1 amide bonds. The van der Waals surface area contributed by atoms with Gasteiger partial charge in [-0.3, -0.25) is 4.79 Å². The van der Waals surface area contributed by atoms with Crippen LogP contribution in [0.2, 0.25) is 0 Å². The SMILES string of the molecule is NC(=O)CCc1nc(-c2ccccc2)co1.